The molecule has 0 aliphatic carbocycles. The molecule has 0 aliphatic heterocycles. The lowest BCUT2D eigenvalue weighted by Crippen LogP contribution is -2.43. The number of carbonyl (C=O) groups is 1. The molecule has 2 rings (SSSR count). The van der Waals surface area contributed by atoms with Crippen LogP contribution >= 0.6 is 11.8 Å². The number of amides is 1. The van der Waals surface area contributed by atoms with E-state index in [4.69, 9.17) is 0 Å². The summed E-state index contributed by atoms with van der Waals surface area (Å²) in [6, 6.07) is 8.78. The number of hydrogen-bond acceptors (Lipinski definition) is 5. The summed E-state index contributed by atoms with van der Waals surface area (Å²) in [5, 5.41) is 9.40. The number of aromatic nitrogens is 3. The largest absolute Gasteiger partial charge is 0.372 e. The summed E-state index contributed by atoms with van der Waals surface area (Å²) >= 11 is 1.44. The summed E-state index contributed by atoms with van der Waals surface area (Å²) in [4.78, 5) is 16.8. The Labute approximate surface area is 173 Å². The number of hydrogen-bond donors (Lipinski definition) is 0. The smallest absolute Gasteiger partial charge is 0.233 e. The van der Waals surface area contributed by atoms with E-state index < -0.39 is 0 Å². The number of rotatable bonds is 9. The Kier molecular flexibility index (Phi) is 7.92. The third kappa shape index (κ3) is 5.07. The summed E-state index contributed by atoms with van der Waals surface area (Å²) < 4.78 is 1.96. The normalized spacial score (nSPS) is 11.3. The van der Waals surface area contributed by atoms with E-state index in [-0.39, 0.29) is 18.0 Å². The molecule has 0 saturated carbocycles. The number of anilines is 1. The van der Waals surface area contributed by atoms with Crippen LogP contribution in [0.15, 0.2) is 29.4 Å². The van der Waals surface area contributed by atoms with E-state index in [0.717, 1.165) is 29.6 Å². The van der Waals surface area contributed by atoms with Crippen LogP contribution in [-0.2, 0) is 11.8 Å². The first-order valence-corrected chi connectivity index (χ1v) is 11.0. The molecule has 1 amide bonds. The predicted octanol–water partition coefficient (Wildman–Crippen LogP) is 4.07. The van der Waals surface area contributed by atoms with E-state index in [1.165, 1.54) is 17.4 Å². The molecular formula is C21H33N5OS. The second-order valence-corrected chi connectivity index (χ2v) is 8.30. The summed E-state index contributed by atoms with van der Waals surface area (Å²) in [6.07, 6.45) is 0. The minimum absolute atomic E-state index is 0.128. The van der Waals surface area contributed by atoms with Crippen LogP contribution in [0.1, 0.15) is 41.5 Å². The maximum atomic E-state index is 12.6. The van der Waals surface area contributed by atoms with Gasteiger partial charge < -0.3 is 14.4 Å². The van der Waals surface area contributed by atoms with Gasteiger partial charge in [0.2, 0.25) is 5.91 Å². The Bertz CT molecular complexity index is 758. The highest BCUT2D eigenvalue weighted by Crippen LogP contribution is 2.25. The fourth-order valence-electron chi connectivity index (χ4n) is 3.48. The van der Waals surface area contributed by atoms with Gasteiger partial charge in [0.1, 0.15) is 0 Å². The van der Waals surface area contributed by atoms with Crippen molar-refractivity contribution in [3.8, 4) is 11.4 Å². The van der Waals surface area contributed by atoms with Crippen molar-refractivity contribution in [3.63, 3.8) is 0 Å². The molecule has 0 N–H and O–H groups in total. The molecule has 0 fully saturated rings. The number of thioether (sulfide) groups is 1. The molecule has 1 heterocycles. The highest BCUT2D eigenvalue weighted by Gasteiger charge is 2.21. The van der Waals surface area contributed by atoms with Crippen molar-refractivity contribution in [2.45, 2.75) is 58.8 Å². The van der Waals surface area contributed by atoms with Crippen LogP contribution in [0.3, 0.4) is 0 Å². The molecule has 0 unspecified atom stereocenters. The fraction of sp³-hybridized carbons (Fsp3) is 0.571. The van der Waals surface area contributed by atoms with Crippen LogP contribution in [0.5, 0.6) is 0 Å². The standard InChI is InChI=1S/C21H33N5OS/c1-8-25(9-2)18-12-10-17(11-13-18)20-22-23-21(24(20)7)28-14-19(27)26(15(3)4)16(5)6/h10-13,15-16H,8-9,14H2,1-7H3. The van der Waals surface area contributed by atoms with Gasteiger partial charge in [-0.15, -0.1) is 10.2 Å². The fourth-order valence-corrected chi connectivity index (χ4v) is 4.26. The van der Waals surface area contributed by atoms with Crippen molar-refractivity contribution in [1.82, 2.24) is 19.7 Å². The Balaban J connectivity index is 2.10. The molecule has 1 aromatic heterocycles. The molecule has 7 heteroatoms. The third-order valence-corrected chi connectivity index (χ3v) is 5.82. The monoisotopic (exact) mass is 403 g/mol. The van der Waals surface area contributed by atoms with Crippen LogP contribution in [0.25, 0.3) is 11.4 Å². The van der Waals surface area contributed by atoms with Crippen LogP contribution in [0.2, 0.25) is 0 Å². The van der Waals surface area contributed by atoms with Crippen molar-refractivity contribution < 1.29 is 4.79 Å². The number of benzene rings is 1. The lowest BCUT2D eigenvalue weighted by Gasteiger charge is -2.30. The first kappa shape index (κ1) is 22.3. The van der Waals surface area contributed by atoms with Crippen molar-refractivity contribution in [3.05, 3.63) is 24.3 Å². The summed E-state index contributed by atoms with van der Waals surface area (Å²) in [5.74, 6) is 1.30. The Morgan fingerprint density at radius 2 is 1.61 bits per heavy atom. The van der Waals surface area contributed by atoms with Gasteiger partial charge in [0.05, 0.1) is 5.75 Å². The minimum atomic E-state index is 0.128. The van der Waals surface area contributed by atoms with Crippen molar-refractivity contribution in [2.24, 2.45) is 7.05 Å². The second-order valence-electron chi connectivity index (χ2n) is 7.36. The Hall–Kier alpha value is -2.02. The topological polar surface area (TPSA) is 54.3 Å². The van der Waals surface area contributed by atoms with Crippen LogP contribution in [0.4, 0.5) is 5.69 Å². The predicted molar refractivity (Wildman–Crippen MR) is 118 cm³/mol. The molecule has 2 aromatic rings. The van der Waals surface area contributed by atoms with E-state index in [1.807, 2.05) is 44.2 Å². The zero-order valence-electron chi connectivity index (χ0n) is 18.1. The molecule has 154 valence electrons. The molecule has 1 aromatic carbocycles. The Morgan fingerprint density at radius 3 is 2.11 bits per heavy atom. The van der Waals surface area contributed by atoms with E-state index in [9.17, 15) is 4.79 Å². The molecule has 6 nitrogen and oxygen atoms in total. The summed E-state index contributed by atoms with van der Waals surface area (Å²) in [5.41, 5.74) is 2.23. The van der Waals surface area contributed by atoms with Gasteiger partial charge in [0.25, 0.3) is 0 Å². The van der Waals surface area contributed by atoms with Gasteiger partial charge in [-0.3, -0.25) is 4.79 Å². The van der Waals surface area contributed by atoms with Gasteiger partial charge in [-0.2, -0.15) is 0 Å². The highest BCUT2D eigenvalue weighted by molar-refractivity contribution is 7.99. The zero-order chi connectivity index (χ0) is 20.8. The van der Waals surface area contributed by atoms with Gasteiger partial charge in [-0.1, -0.05) is 11.8 Å². The molecule has 0 aliphatic rings. The highest BCUT2D eigenvalue weighted by atomic mass is 32.2. The lowest BCUT2D eigenvalue weighted by molar-refractivity contribution is -0.131. The second kappa shape index (κ2) is 9.96. The van der Waals surface area contributed by atoms with Crippen molar-refractivity contribution >= 4 is 23.4 Å². The molecular weight excluding hydrogens is 370 g/mol. The third-order valence-electron chi connectivity index (χ3n) is 4.81. The van der Waals surface area contributed by atoms with Crippen LogP contribution in [-0.4, -0.2) is 56.5 Å². The number of carbonyl (C=O) groups excluding carboxylic acids is 1. The van der Waals surface area contributed by atoms with Gasteiger partial charge in [0.15, 0.2) is 11.0 Å². The quantitative estimate of drug-likeness (QED) is 0.591. The molecule has 0 saturated heterocycles. The maximum Gasteiger partial charge on any atom is 0.233 e. The lowest BCUT2D eigenvalue weighted by atomic mass is 10.2. The van der Waals surface area contributed by atoms with Gasteiger partial charge in [-0.25, -0.2) is 0 Å². The van der Waals surface area contributed by atoms with Crippen molar-refractivity contribution in [1.29, 1.82) is 0 Å². The molecule has 28 heavy (non-hydrogen) atoms. The SMILES string of the molecule is CCN(CC)c1ccc(-c2nnc(SCC(=O)N(C(C)C)C(C)C)n2C)cc1. The van der Waals surface area contributed by atoms with Gasteiger partial charge in [0, 0.05) is 43.5 Å². The van der Waals surface area contributed by atoms with E-state index >= 15 is 0 Å². The molecule has 0 bridgehead atoms. The van der Waals surface area contributed by atoms with Gasteiger partial charge in [-0.05, 0) is 65.8 Å². The van der Waals surface area contributed by atoms with E-state index in [0.29, 0.717) is 5.75 Å². The average Bonchev–Trinajstić information content (AvgIpc) is 3.01. The van der Waals surface area contributed by atoms with Crippen LogP contribution in [0, 0.1) is 0 Å². The summed E-state index contributed by atoms with van der Waals surface area (Å²) in [6.45, 7) is 14.5. The van der Waals surface area contributed by atoms with Crippen molar-refractivity contribution in [2.75, 3.05) is 23.7 Å². The summed E-state index contributed by atoms with van der Waals surface area (Å²) in [7, 11) is 1.95. The number of nitrogens with zero attached hydrogens (tertiary/aromatic N) is 5. The first-order chi connectivity index (χ1) is 13.3. The molecule has 0 radical (unpaired) electrons. The van der Waals surface area contributed by atoms with Crippen LogP contribution < -0.4 is 4.90 Å². The maximum absolute atomic E-state index is 12.6. The van der Waals surface area contributed by atoms with E-state index in [1.54, 1.807) is 0 Å². The van der Waals surface area contributed by atoms with Gasteiger partial charge >= 0.3 is 0 Å². The zero-order valence-corrected chi connectivity index (χ0v) is 19.0. The van der Waals surface area contributed by atoms with E-state index in [2.05, 4.69) is 53.2 Å². The first-order valence-electron chi connectivity index (χ1n) is 9.98. The molecule has 0 atom stereocenters. The minimum Gasteiger partial charge on any atom is -0.372 e. The molecule has 0 spiro atoms. The Morgan fingerprint density at radius 1 is 1.04 bits per heavy atom. The average molecular weight is 404 g/mol.